The van der Waals surface area contributed by atoms with Crippen molar-refractivity contribution in [3.63, 3.8) is 0 Å². The number of furan rings is 1. The Hall–Kier alpha value is -2.28. The van der Waals surface area contributed by atoms with Crippen molar-refractivity contribution in [3.05, 3.63) is 35.4 Å². The van der Waals surface area contributed by atoms with Gasteiger partial charge < -0.3 is 19.8 Å². The van der Waals surface area contributed by atoms with Gasteiger partial charge >= 0.3 is 12.0 Å². The second kappa shape index (κ2) is 7.74. The van der Waals surface area contributed by atoms with E-state index in [-0.39, 0.29) is 12.6 Å². The van der Waals surface area contributed by atoms with Crippen molar-refractivity contribution in [1.29, 1.82) is 0 Å². The van der Waals surface area contributed by atoms with Crippen LogP contribution in [0.4, 0.5) is 4.79 Å². The van der Waals surface area contributed by atoms with E-state index >= 15 is 0 Å². The largest absolute Gasteiger partial charge is 0.467 e. The van der Waals surface area contributed by atoms with Gasteiger partial charge in [0.05, 0.1) is 18.4 Å². The lowest BCUT2D eigenvalue weighted by Crippen LogP contribution is -2.49. The van der Waals surface area contributed by atoms with Gasteiger partial charge in [-0.05, 0) is 50.9 Å². The number of likely N-dealkylation sites (tertiary alicyclic amines) is 1. The monoisotopic (exact) mass is 347 g/mol. The third-order valence-electron chi connectivity index (χ3n) is 4.73. The van der Waals surface area contributed by atoms with E-state index in [2.05, 4.69) is 22.5 Å². The molecule has 3 rings (SSSR count). The van der Waals surface area contributed by atoms with Crippen LogP contribution in [-0.2, 0) is 9.53 Å². The predicted molar refractivity (Wildman–Crippen MR) is 91.6 cm³/mol. The molecule has 3 heterocycles. The molecule has 1 aromatic rings. The standard InChI is InChI=1S/C18H25N3O4/c1-3-24-17(22)15-13(11-21-8-6-12(2)7-9-21)19-18(23)20-16(15)14-5-4-10-25-14/h4-5,10,12,16H,3,6-9,11H2,1-2H3,(H2,19,20,23)/t16-/m0/s1. The average Bonchev–Trinajstić information content (AvgIpc) is 3.11. The molecular weight excluding hydrogens is 322 g/mol. The molecule has 0 spiro atoms. The Labute approximate surface area is 147 Å². The van der Waals surface area contributed by atoms with Crippen molar-refractivity contribution < 1.29 is 18.7 Å². The highest BCUT2D eigenvalue weighted by Crippen LogP contribution is 2.29. The van der Waals surface area contributed by atoms with Gasteiger partial charge in [0, 0.05) is 12.2 Å². The molecule has 1 aromatic heterocycles. The minimum absolute atomic E-state index is 0.273. The molecule has 0 aromatic carbocycles. The topological polar surface area (TPSA) is 83.8 Å². The lowest BCUT2D eigenvalue weighted by Gasteiger charge is -2.34. The molecule has 0 saturated carbocycles. The van der Waals surface area contributed by atoms with E-state index in [0.717, 1.165) is 25.9 Å². The molecule has 0 radical (unpaired) electrons. The number of carbonyl (C=O) groups is 2. The Morgan fingerprint density at radius 3 is 2.80 bits per heavy atom. The Morgan fingerprint density at radius 1 is 1.40 bits per heavy atom. The van der Waals surface area contributed by atoms with E-state index in [1.165, 1.54) is 6.26 Å². The van der Waals surface area contributed by atoms with Gasteiger partial charge in [0.2, 0.25) is 0 Å². The van der Waals surface area contributed by atoms with Gasteiger partial charge in [0.15, 0.2) is 0 Å². The number of nitrogens with one attached hydrogen (secondary N) is 2. The van der Waals surface area contributed by atoms with Crippen molar-refractivity contribution in [2.45, 2.75) is 32.7 Å². The van der Waals surface area contributed by atoms with Crippen LogP contribution < -0.4 is 10.6 Å². The molecule has 0 aliphatic carbocycles. The second-order valence-corrected chi connectivity index (χ2v) is 6.62. The maximum atomic E-state index is 12.6. The Kier molecular flexibility index (Phi) is 5.43. The summed E-state index contributed by atoms with van der Waals surface area (Å²) in [6, 6.07) is 2.50. The first kappa shape index (κ1) is 17.5. The predicted octanol–water partition coefficient (Wildman–Crippen LogP) is 2.18. The summed E-state index contributed by atoms with van der Waals surface area (Å²) in [7, 11) is 0. The maximum Gasteiger partial charge on any atom is 0.338 e. The number of rotatable bonds is 5. The number of nitrogens with zero attached hydrogens (tertiary/aromatic N) is 1. The molecule has 0 unspecified atom stereocenters. The van der Waals surface area contributed by atoms with Gasteiger partial charge in [-0.25, -0.2) is 9.59 Å². The highest BCUT2D eigenvalue weighted by molar-refractivity contribution is 5.95. The third kappa shape index (κ3) is 4.04. The molecule has 2 aliphatic rings. The number of carbonyl (C=O) groups excluding carboxylic acids is 2. The van der Waals surface area contributed by atoms with E-state index in [1.54, 1.807) is 19.1 Å². The first-order chi connectivity index (χ1) is 12.1. The Balaban J connectivity index is 1.90. The molecule has 7 nitrogen and oxygen atoms in total. The van der Waals surface area contributed by atoms with E-state index in [1.807, 2.05) is 0 Å². The van der Waals surface area contributed by atoms with Gasteiger partial charge in [-0.15, -0.1) is 0 Å². The Bertz CT molecular complexity index is 645. The van der Waals surface area contributed by atoms with Gasteiger partial charge in [-0.3, -0.25) is 4.90 Å². The van der Waals surface area contributed by atoms with E-state index in [9.17, 15) is 9.59 Å². The van der Waals surface area contributed by atoms with Crippen LogP contribution in [0.25, 0.3) is 0 Å². The number of hydrogen-bond donors (Lipinski definition) is 2. The zero-order valence-electron chi connectivity index (χ0n) is 14.7. The fourth-order valence-corrected chi connectivity index (χ4v) is 3.31. The van der Waals surface area contributed by atoms with Gasteiger partial charge in [0.25, 0.3) is 0 Å². The molecule has 136 valence electrons. The van der Waals surface area contributed by atoms with Gasteiger partial charge in [-0.1, -0.05) is 6.92 Å². The number of urea groups is 1. The fourth-order valence-electron chi connectivity index (χ4n) is 3.31. The number of amides is 2. The lowest BCUT2D eigenvalue weighted by atomic mass is 9.97. The molecule has 0 bridgehead atoms. The van der Waals surface area contributed by atoms with Crippen LogP contribution in [0.2, 0.25) is 0 Å². The summed E-state index contributed by atoms with van der Waals surface area (Å²) in [4.78, 5) is 27.0. The maximum absolute atomic E-state index is 12.6. The molecule has 1 fully saturated rings. The molecule has 2 N–H and O–H groups in total. The van der Waals surface area contributed by atoms with Crippen LogP contribution >= 0.6 is 0 Å². The quantitative estimate of drug-likeness (QED) is 0.798. The van der Waals surface area contributed by atoms with E-state index in [4.69, 9.17) is 9.15 Å². The molecule has 1 saturated heterocycles. The summed E-state index contributed by atoms with van der Waals surface area (Å²) in [5.74, 6) is 0.799. The normalized spacial score (nSPS) is 22.5. The van der Waals surface area contributed by atoms with Crippen molar-refractivity contribution >= 4 is 12.0 Å². The molecule has 2 amide bonds. The molecule has 7 heteroatoms. The zero-order valence-corrected chi connectivity index (χ0v) is 14.7. The summed E-state index contributed by atoms with van der Waals surface area (Å²) < 4.78 is 10.7. The summed E-state index contributed by atoms with van der Waals surface area (Å²) in [6.07, 6.45) is 3.77. The highest BCUT2D eigenvalue weighted by Gasteiger charge is 2.36. The molecule has 25 heavy (non-hydrogen) atoms. The smallest absolute Gasteiger partial charge is 0.338 e. The van der Waals surface area contributed by atoms with Crippen LogP contribution in [0, 0.1) is 5.92 Å². The number of esters is 1. The fraction of sp³-hybridized carbons (Fsp3) is 0.556. The minimum atomic E-state index is -0.637. The van der Waals surface area contributed by atoms with Crippen LogP contribution in [0.5, 0.6) is 0 Å². The van der Waals surface area contributed by atoms with Crippen LogP contribution in [0.3, 0.4) is 0 Å². The summed E-state index contributed by atoms with van der Waals surface area (Å²) >= 11 is 0. The molecule has 1 atom stereocenters. The first-order valence-electron chi connectivity index (χ1n) is 8.82. The van der Waals surface area contributed by atoms with Crippen molar-refractivity contribution in [1.82, 2.24) is 15.5 Å². The first-order valence-corrected chi connectivity index (χ1v) is 8.82. The molecular formula is C18H25N3O4. The van der Waals surface area contributed by atoms with Crippen molar-refractivity contribution in [2.75, 3.05) is 26.2 Å². The summed E-state index contributed by atoms with van der Waals surface area (Å²) in [5, 5.41) is 5.56. The number of hydrogen-bond acceptors (Lipinski definition) is 5. The Morgan fingerprint density at radius 2 is 2.16 bits per heavy atom. The number of piperidine rings is 1. The average molecular weight is 347 g/mol. The summed E-state index contributed by atoms with van der Waals surface area (Å²) in [5.41, 5.74) is 1.01. The van der Waals surface area contributed by atoms with Crippen LogP contribution in [0.1, 0.15) is 38.5 Å². The van der Waals surface area contributed by atoms with E-state index < -0.39 is 12.0 Å². The van der Waals surface area contributed by atoms with Crippen molar-refractivity contribution in [2.24, 2.45) is 5.92 Å². The zero-order chi connectivity index (χ0) is 17.8. The second-order valence-electron chi connectivity index (χ2n) is 6.62. The lowest BCUT2D eigenvalue weighted by molar-refractivity contribution is -0.139. The van der Waals surface area contributed by atoms with Gasteiger partial charge in [-0.2, -0.15) is 0 Å². The van der Waals surface area contributed by atoms with Crippen LogP contribution in [-0.4, -0.2) is 43.1 Å². The summed E-state index contributed by atoms with van der Waals surface area (Å²) in [6.45, 7) is 6.72. The SMILES string of the molecule is CCOC(=O)C1=C(CN2CCC(C)CC2)NC(=O)N[C@H]1c1ccco1. The van der Waals surface area contributed by atoms with Gasteiger partial charge in [0.1, 0.15) is 11.8 Å². The van der Waals surface area contributed by atoms with Crippen LogP contribution in [0.15, 0.2) is 34.1 Å². The molecule has 2 aliphatic heterocycles. The minimum Gasteiger partial charge on any atom is -0.467 e. The highest BCUT2D eigenvalue weighted by atomic mass is 16.5. The number of ether oxygens (including phenoxy) is 1. The van der Waals surface area contributed by atoms with Crippen molar-refractivity contribution in [3.8, 4) is 0 Å². The third-order valence-corrected chi connectivity index (χ3v) is 4.73. The van der Waals surface area contributed by atoms with E-state index in [0.29, 0.717) is 29.5 Å².